The van der Waals surface area contributed by atoms with Gasteiger partial charge in [0.25, 0.3) is 0 Å². The van der Waals surface area contributed by atoms with E-state index in [4.69, 9.17) is 4.74 Å². The molecule has 21 heavy (non-hydrogen) atoms. The summed E-state index contributed by atoms with van der Waals surface area (Å²) in [5.74, 6) is -0.912. The van der Waals surface area contributed by atoms with Crippen LogP contribution in [0.25, 0.3) is 0 Å². The van der Waals surface area contributed by atoms with Gasteiger partial charge in [0.2, 0.25) is 5.91 Å². The molecule has 0 heterocycles. The maximum atomic E-state index is 12.1. The number of benzene rings is 1. The molecule has 1 aromatic rings. The number of nitrogens with one attached hydrogen (secondary N) is 1. The second-order valence-electron chi connectivity index (χ2n) is 5.44. The molecule has 1 saturated carbocycles. The standard InChI is InChI=1S/C15H18BrNO4/c1-15(14(19)20,13(18)17-11-4-5-11)8-9-21-12-6-2-10(16)3-7-12/h2-3,6-7,11H,4-5,8-9H2,1H3,(H,17,18)(H,19,20). The summed E-state index contributed by atoms with van der Waals surface area (Å²) < 4.78 is 6.45. The number of carboxylic acids is 1. The van der Waals surface area contributed by atoms with E-state index in [1.807, 2.05) is 12.1 Å². The first-order chi connectivity index (χ1) is 9.91. The zero-order valence-electron chi connectivity index (χ0n) is 11.8. The zero-order chi connectivity index (χ0) is 15.5. The summed E-state index contributed by atoms with van der Waals surface area (Å²) in [5, 5.41) is 12.1. The van der Waals surface area contributed by atoms with E-state index in [0.29, 0.717) is 5.75 Å². The largest absolute Gasteiger partial charge is 0.494 e. The number of carbonyl (C=O) groups excluding carboxylic acids is 1. The molecule has 114 valence electrons. The van der Waals surface area contributed by atoms with Gasteiger partial charge in [-0.2, -0.15) is 0 Å². The van der Waals surface area contributed by atoms with Crippen LogP contribution in [0.1, 0.15) is 26.2 Å². The minimum Gasteiger partial charge on any atom is -0.494 e. The summed E-state index contributed by atoms with van der Waals surface area (Å²) in [6, 6.07) is 7.39. The fraction of sp³-hybridized carbons (Fsp3) is 0.467. The highest BCUT2D eigenvalue weighted by molar-refractivity contribution is 9.10. The van der Waals surface area contributed by atoms with Crippen molar-refractivity contribution in [3.05, 3.63) is 28.7 Å². The van der Waals surface area contributed by atoms with Crippen LogP contribution in [0.4, 0.5) is 0 Å². The van der Waals surface area contributed by atoms with Crippen LogP contribution in [-0.4, -0.2) is 29.6 Å². The molecule has 2 rings (SSSR count). The third-order valence-electron chi connectivity index (χ3n) is 3.57. The SMILES string of the molecule is CC(CCOc1ccc(Br)cc1)(C(=O)O)C(=O)NC1CC1. The molecule has 1 aliphatic carbocycles. The van der Waals surface area contributed by atoms with Crippen LogP contribution in [0.5, 0.6) is 5.75 Å². The normalized spacial score (nSPS) is 16.9. The highest BCUT2D eigenvalue weighted by Crippen LogP contribution is 2.27. The lowest BCUT2D eigenvalue weighted by Gasteiger charge is -2.23. The van der Waals surface area contributed by atoms with Crippen LogP contribution in [0.2, 0.25) is 0 Å². The van der Waals surface area contributed by atoms with E-state index in [0.717, 1.165) is 17.3 Å². The van der Waals surface area contributed by atoms with E-state index in [2.05, 4.69) is 21.2 Å². The van der Waals surface area contributed by atoms with E-state index < -0.39 is 17.3 Å². The Labute approximate surface area is 131 Å². The topological polar surface area (TPSA) is 75.6 Å². The molecule has 1 fully saturated rings. The second-order valence-corrected chi connectivity index (χ2v) is 6.35. The van der Waals surface area contributed by atoms with E-state index in [9.17, 15) is 14.7 Å². The third-order valence-corrected chi connectivity index (χ3v) is 4.10. The van der Waals surface area contributed by atoms with E-state index in [-0.39, 0.29) is 19.1 Å². The van der Waals surface area contributed by atoms with Crippen LogP contribution in [-0.2, 0) is 9.59 Å². The molecule has 2 N–H and O–H groups in total. The summed E-state index contributed by atoms with van der Waals surface area (Å²) >= 11 is 3.33. The Hall–Kier alpha value is -1.56. The molecule has 0 spiro atoms. The number of rotatable bonds is 7. The predicted molar refractivity (Wildman–Crippen MR) is 81.2 cm³/mol. The Morgan fingerprint density at radius 2 is 2.00 bits per heavy atom. The van der Waals surface area contributed by atoms with E-state index in [1.165, 1.54) is 6.92 Å². The maximum Gasteiger partial charge on any atom is 0.319 e. The second kappa shape index (κ2) is 6.47. The molecule has 1 aliphatic rings. The van der Waals surface area contributed by atoms with Gasteiger partial charge < -0.3 is 15.2 Å². The Kier molecular flexibility index (Phi) is 4.88. The highest BCUT2D eigenvalue weighted by atomic mass is 79.9. The molecule has 1 atom stereocenters. The van der Waals surface area contributed by atoms with Gasteiger partial charge >= 0.3 is 5.97 Å². The number of amides is 1. The van der Waals surface area contributed by atoms with Crippen molar-refractivity contribution in [2.75, 3.05) is 6.61 Å². The summed E-state index contributed by atoms with van der Waals surface area (Å²) in [5.41, 5.74) is -1.46. The molecule has 0 aliphatic heterocycles. The zero-order valence-corrected chi connectivity index (χ0v) is 13.4. The number of halogens is 1. The number of hydrogen-bond donors (Lipinski definition) is 2. The van der Waals surface area contributed by atoms with Gasteiger partial charge in [-0.3, -0.25) is 9.59 Å². The van der Waals surface area contributed by atoms with Gasteiger partial charge in [0.05, 0.1) is 6.61 Å². The minimum absolute atomic E-state index is 0.122. The van der Waals surface area contributed by atoms with Gasteiger partial charge in [-0.25, -0.2) is 0 Å². The molecule has 1 amide bonds. The lowest BCUT2D eigenvalue weighted by Crippen LogP contribution is -2.46. The first kappa shape index (κ1) is 15.8. The van der Waals surface area contributed by atoms with Crippen molar-refractivity contribution in [3.63, 3.8) is 0 Å². The van der Waals surface area contributed by atoms with E-state index in [1.54, 1.807) is 12.1 Å². The third kappa shape index (κ3) is 4.20. The van der Waals surface area contributed by atoms with Crippen molar-refractivity contribution < 1.29 is 19.4 Å². The Balaban J connectivity index is 1.91. The number of carbonyl (C=O) groups is 2. The lowest BCUT2D eigenvalue weighted by molar-refractivity contribution is -0.155. The molecular weight excluding hydrogens is 338 g/mol. The molecule has 0 aromatic heterocycles. The smallest absolute Gasteiger partial charge is 0.319 e. The average molecular weight is 356 g/mol. The van der Waals surface area contributed by atoms with Crippen LogP contribution in [0.3, 0.4) is 0 Å². The van der Waals surface area contributed by atoms with Gasteiger partial charge in [0.1, 0.15) is 11.2 Å². The van der Waals surface area contributed by atoms with Crippen molar-refractivity contribution in [1.29, 1.82) is 0 Å². The van der Waals surface area contributed by atoms with Crippen molar-refractivity contribution in [2.45, 2.75) is 32.2 Å². The summed E-state index contributed by atoms with van der Waals surface area (Å²) in [4.78, 5) is 23.5. The average Bonchev–Trinajstić information content (AvgIpc) is 3.24. The van der Waals surface area contributed by atoms with Gasteiger partial charge in [0.15, 0.2) is 0 Å². The van der Waals surface area contributed by atoms with Crippen molar-refractivity contribution >= 4 is 27.8 Å². The maximum absolute atomic E-state index is 12.1. The Bertz CT molecular complexity index is 527. The molecule has 0 saturated heterocycles. The van der Waals surface area contributed by atoms with Crippen LogP contribution < -0.4 is 10.1 Å². The first-order valence-electron chi connectivity index (χ1n) is 6.84. The van der Waals surface area contributed by atoms with Crippen LogP contribution in [0, 0.1) is 5.41 Å². The summed E-state index contributed by atoms with van der Waals surface area (Å²) in [6.07, 6.45) is 1.98. The monoisotopic (exact) mass is 355 g/mol. The molecule has 0 bridgehead atoms. The molecular formula is C15H18BrNO4. The Morgan fingerprint density at radius 1 is 1.38 bits per heavy atom. The quantitative estimate of drug-likeness (QED) is 0.737. The molecule has 5 nitrogen and oxygen atoms in total. The first-order valence-corrected chi connectivity index (χ1v) is 7.64. The van der Waals surface area contributed by atoms with Gasteiger partial charge in [-0.05, 0) is 44.0 Å². The number of hydrogen-bond acceptors (Lipinski definition) is 3. The fourth-order valence-corrected chi connectivity index (χ4v) is 2.06. The lowest BCUT2D eigenvalue weighted by atomic mass is 9.86. The summed E-state index contributed by atoms with van der Waals surface area (Å²) in [6.45, 7) is 1.61. The van der Waals surface area contributed by atoms with Crippen molar-refractivity contribution in [3.8, 4) is 5.75 Å². The summed E-state index contributed by atoms with van der Waals surface area (Å²) in [7, 11) is 0. The highest BCUT2D eigenvalue weighted by Gasteiger charge is 2.43. The van der Waals surface area contributed by atoms with Gasteiger partial charge in [-0.1, -0.05) is 15.9 Å². The van der Waals surface area contributed by atoms with Crippen LogP contribution in [0.15, 0.2) is 28.7 Å². The van der Waals surface area contributed by atoms with Crippen molar-refractivity contribution in [1.82, 2.24) is 5.32 Å². The van der Waals surface area contributed by atoms with Crippen molar-refractivity contribution in [2.24, 2.45) is 5.41 Å². The number of aliphatic carboxylic acids is 1. The molecule has 0 radical (unpaired) electrons. The van der Waals surface area contributed by atoms with Gasteiger partial charge in [0, 0.05) is 16.9 Å². The van der Waals surface area contributed by atoms with Gasteiger partial charge in [-0.15, -0.1) is 0 Å². The molecule has 1 unspecified atom stereocenters. The molecule has 1 aromatic carbocycles. The number of carboxylic acid groups (broad SMARTS) is 1. The predicted octanol–water partition coefficient (Wildman–Crippen LogP) is 2.59. The Morgan fingerprint density at radius 3 is 2.52 bits per heavy atom. The molecule has 6 heteroatoms. The van der Waals surface area contributed by atoms with E-state index >= 15 is 0 Å². The minimum atomic E-state index is -1.46. The van der Waals surface area contributed by atoms with Crippen LogP contribution >= 0.6 is 15.9 Å². The fourth-order valence-electron chi connectivity index (χ4n) is 1.79. The number of ether oxygens (including phenoxy) is 1.